The molecule has 0 radical (unpaired) electrons. The molecule has 0 aliphatic carbocycles. The van der Waals surface area contributed by atoms with Crippen molar-refractivity contribution < 1.29 is 23.0 Å². The Balaban J connectivity index is 1.91. The predicted octanol–water partition coefficient (Wildman–Crippen LogP) is 2.67. The molecule has 0 aliphatic rings. The van der Waals surface area contributed by atoms with Crippen LogP contribution in [0.15, 0.2) is 65.8 Å². The van der Waals surface area contributed by atoms with E-state index in [1.54, 1.807) is 51.6 Å². The lowest BCUT2D eigenvalue weighted by Gasteiger charge is -2.21. The summed E-state index contributed by atoms with van der Waals surface area (Å²) in [4.78, 5) is 0. The van der Waals surface area contributed by atoms with Crippen LogP contribution in [0.1, 0.15) is 18.1 Å². The fraction of sp³-hybridized carbons (Fsp3) is 0.318. The molecular formula is C22H27N3O5S. The van der Waals surface area contributed by atoms with Crippen LogP contribution in [0.2, 0.25) is 0 Å². The van der Waals surface area contributed by atoms with Gasteiger partial charge in [0.05, 0.1) is 26.9 Å². The summed E-state index contributed by atoms with van der Waals surface area (Å²) in [6.07, 6.45) is 0.920. The van der Waals surface area contributed by atoms with Gasteiger partial charge in [0.25, 0.3) is 10.0 Å². The van der Waals surface area contributed by atoms with Gasteiger partial charge >= 0.3 is 0 Å². The summed E-state index contributed by atoms with van der Waals surface area (Å²) in [5.74, 6) is 1.40. The van der Waals surface area contributed by atoms with Crippen molar-refractivity contribution in [3.05, 3.63) is 71.9 Å². The maximum absolute atomic E-state index is 13.4. The zero-order valence-electron chi connectivity index (χ0n) is 17.8. The first-order valence-electron chi connectivity index (χ1n) is 9.79. The number of methoxy groups -OCH3 is 2. The summed E-state index contributed by atoms with van der Waals surface area (Å²) < 4.78 is 40.0. The fourth-order valence-corrected chi connectivity index (χ4v) is 4.42. The number of benzene rings is 2. The van der Waals surface area contributed by atoms with Crippen LogP contribution in [0, 0.1) is 0 Å². The van der Waals surface area contributed by atoms with Crippen LogP contribution < -0.4 is 9.47 Å². The maximum Gasteiger partial charge on any atom is 0.262 e. The Morgan fingerprint density at radius 3 is 1.84 bits per heavy atom. The molecule has 1 aromatic heterocycles. The van der Waals surface area contributed by atoms with E-state index in [9.17, 15) is 13.5 Å². The number of ether oxygens (including phenoxy) is 2. The molecule has 1 atom stereocenters. The molecule has 1 heterocycles. The van der Waals surface area contributed by atoms with E-state index in [2.05, 4.69) is 5.10 Å². The van der Waals surface area contributed by atoms with Gasteiger partial charge in [-0.1, -0.05) is 24.3 Å². The molecule has 2 aromatic carbocycles. The molecule has 8 nitrogen and oxygen atoms in total. The Labute approximate surface area is 182 Å². The minimum atomic E-state index is -3.89. The number of aliphatic hydroxyl groups is 1. The Morgan fingerprint density at radius 1 is 0.935 bits per heavy atom. The molecule has 3 rings (SSSR count). The molecular weight excluding hydrogens is 418 g/mol. The van der Waals surface area contributed by atoms with E-state index in [4.69, 9.17) is 9.47 Å². The van der Waals surface area contributed by atoms with Gasteiger partial charge in [-0.3, -0.25) is 4.68 Å². The van der Waals surface area contributed by atoms with Crippen LogP contribution in [0.5, 0.6) is 11.5 Å². The third kappa shape index (κ3) is 5.84. The minimum Gasteiger partial charge on any atom is -0.497 e. The molecule has 0 spiro atoms. The standard InChI is InChI=1S/C22H27N3O5S/c1-17(26)14-24-13-12-22(23-24)31(27,28)25(15-18-4-8-20(29-2)9-5-18)16-19-6-10-21(30-3)11-7-19/h4-13,17,26H,14-16H2,1-3H3. The average molecular weight is 446 g/mol. The monoisotopic (exact) mass is 445 g/mol. The lowest BCUT2D eigenvalue weighted by molar-refractivity contribution is 0.168. The lowest BCUT2D eigenvalue weighted by atomic mass is 10.2. The highest BCUT2D eigenvalue weighted by Gasteiger charge is 2.27. The second-order valence-corrected chi connectivity index (χ2v) is 9.08. The van der Waals surface area contributed by atoms with Crippen LogP contribution in [-0.4, -0.2) is 47.9 Å². The summed E-state index contributed by atoms with van der Waals surface area (Å²) in [6.45, 7) is 2.17. The number of aliphatic hydroxyl groups excluding tert-OH is 1. The highest BCUT2D eigenvalue weighted by atomic mass is 32.2. The third-order valence-electron chi connectivity index (χ3n) is 4.71. The second-order valence-electron chi connectivity index (χ2n) is 7.19. The normalized spacial score (nSPS) is 12.7. The molecule has 0 saturated heterocycles. The van der Waals surface area contributed by atoms with E-state index in [1.807, 2.05) is 24.3 Å². The lowest BCUT2D eigenvalue weighted by Crippen LogP contribution is -2.30. The van der Waals surface area contributed by atoms with Gasteiger partial charge in [-0.2, -0.15) is 9.40 Å². The Bertz CT molecular complexity index is 1030. The SMILES string of the molecule is COc1ccc(CN(Cc2ccc(OC)cc2)S(=O)(=O)c2ccn(CC(C)O)n2)cc1. The van der Waals surface area contributed by atoms with Crippen molar-refractivity contribution in [2.24, 2.45) is 0 Å². The number of hydrogen-bond acceptors (Lipinski definition) is 6. The summed E-state index contributed by atoms with van der Waals surface area (Å²) in [5.41, 5.74) is 1.64. The molecule has 0 saturated carbocycles. The van der Waals surface area contributed by atoms with Gasteiger partial charge < -0.3 is 14.6 Å². The van der Waals surface area contributed by atoms with Crippen LogP contribution in [-0.2, 0) is 29.7 Å². The molecule has 0 aliphatic heterocycles. The summed E-state index contributed by atoms with van der Waals surface area (Å²) in [7, 11) is -0.722. The molecule has 3 aromatic rings. The molecule has 1 N–H and O–H groups in total. The number of sulfonamides is 1. The van der Waals surface area contributed by atoms with Gasteiger partial charge in [0.2, 0.25) is 0 Å². The van der Waals surface area contributed by atoms with E-state index in [1.165, 1.54) is 15.1 Å². The molecule has 0 fully saturated rings. The second kappa shape index (κ2) is 9.95. The predicted molar refractivity (Wildman–Crippen MR) is 116 cm³/mol. The van der Waals surface area contributed by atoms with Gasteiger partial charge in [0, 0.05) is 19.3 Å². The number of aromatic nitrogens is 2. The van der Waals surface area contributed by atoms with Crippen molar-refractivity contribution in [3.63, 3.8) is 0 Å². The minimum absolute atomic E-state index is 0.0600. The van der Waals surface area contributed by atoms with Gasteiger partial charge in [0.15, 0.2) is 5.03 Å². The number of hydrogen-bond donors (Lipinski definition) is 1. The molecule has 166 valence electrons. The van der Waals surface area contributed by atoms with E-state index in [0.29, 0.717) is 11.5 Å². The zero-order valence-corrected chi connectivity index (χ0v) is 18.6. The topological polar surface area (TPSA) is 93.9 Å². The van der Waals surface area contributed by atoms with E-state index < -0.39 is 16.1 Å². The van der Waals surface area contributed by atoms with Crippen molar-refractivity contribution in [2.45, 2.75) is 37.7 Å². The number of rotatable bonds is 10. The third-order valence-corrected chi connectivity index (χ3v) is 6.39. The molecule has 0 amide bonds. The summed E-state index contributed by atoms with van der Waals surface area (Å²) >= 11 is 0. The molecule has 9 heteroatoms. The van der Waals surface area contributed by atoms with Crippen LogP contribution in [0.4, 0.5) is 0 Å². The van der Waals surface area contributed by atoms with Crippen molar-refractivity contribution in [2.75, 3.05) is 14.2 Å². The van der Waals surface area contributed by atoms with Crippen molar-refractivity contribution >= 4 is 10.0 Å². The average Bonchev–Trinajstić information content (AvgIpc) is 3.23. The van der Waals surface area contributed by atoms with E-state index in [-0.39, 0.29) is 24.7 Å². The van der Waals surface area contributed by atoms with Gasteiger partial charge in [-0.25, -0.2) is 8.42 Å². The van der Waals surface area contributed by atoms with Gasteiger partial charge in [-0.05, 0) is 48.4 Å². The van der Waals surface area contributed by atoms with Crippen LogP contribution in [0.3, 0.4) is 0 Å². The van der Waals surface area contributed by atoms with Gasteiger partial charge in [-0.15, -0.1) is 0 Å². The smallest absolute Gasteiger partial charge is 0.262 e. The summed E-state index contributed by atoms with van der Waals surface area (Å²) in [6, 6.07) is 16.0. The van der Waals surface area contributed by atoms with E-state index >= 15 is 0 Å². The fourth-order valence-electron chi connectivity index (χ4n) is 3.08. The first kappa shape index (κ1) is 22.8. The molecule has 0 bridgehead atoms. The van der Waals surface area contributed by atoms with Crippen molar-refractivity contribution in [1.82, 2.24) is 14.1 Å². The highest BCUT2D eigenvalue weighted by molar-refractivity contribution is 7.89. The van der Waals surface area contributed by atoms with Crippen molar-refractivity contribution in [3.8, 4) is 11.5 Å². The Kier molecular flexibility index (Phi) is 7.32. The first-order chi connectivity index (χ1) is 14.8. The quantitative estimate of drug-likeness (QED) is 0.516. The Hall–Kier alpha value is -2.88. The highest BCUT2D eigenvalue weighted by Crippen LogP contribution is 2.22. The summed E-state index contributed by atoms with van der Waals surface area (Å²) in [5, 5.41) is 13.7. The first-order valence-corrected chi connectivity index (χ1v) is 11.2. The van der Waals surface area contributed by atoms with E-state index in [0.717, 1.165) is 11.1 Å². The molecule has 1 unspecified atom stereocenters. The van der Waals surface area contributed by atoms with Crippen LogP contribution >= 0.6 is 0 Å². The van der Waals surface area contributed by atoms with Crippen molar-refractivity contribution in [1.29, 1.82) is 0 Å². The number of nitrogens with zero attached hydrogens (tertiary/aromatic N) is 3. The Morgan fingerprint density at radius 2 is 1.42 bits per heavy atom. The maximum atomic E-state index is 13.4. The van der Waals surface area contributed by atoms with Gasteiger partial charge in [0.1, 0.15) is 11.5 Å². The van der Waals surface area contributed by atoms with Crippen LogP contribution in [0.25, 0.3) is 0 Å². The zero-order chi connectivity index (χ0) is 22.4. The molecule has 31 heavy (non-hydrogen) atoms. The largest absolute Gasteiger partial charge is 0.497 e.